The average molecular weight is 202 g/mol. The van der Waals surface area contributed by atoms with Gasteiger partial charge in [-0.05, 0) is 20.3 Å². The van der Waals surface area contributed by atoms with E-state index in [0.29, 0.717) is 6.42 Å². The van der Waals surface area contributed by atoms with Gasteiger partial charge in [0.2, 0.25) is 0 Å². The fourth-order valence-corrected chi connectivity index (χ4v) is 0.809. The van der Waals surface area contributed by atoms with Gasteiger partial charge < -0.3 is 14.6 Å². The predicted molar refractivity (Wildman–Crippen MR) is 52.6 cm³/mol. The van der Waals surface area contributed by atoms with E-state index < -0.39 is 11.8 Å². The molecule has 0 amide bonds. The van der Waals surface area contributed by atoms with Crippen molar-refractivity contribution >= 4 is 5.97 Å². The van der Waals surface area contributed by atoms with Gasteiger partial charge in [0.05, 0.1) is 6.10 Å². The van der Waals surface area contributed by atoms with E-state index >= 15 is 0 Å². The number of aliphatic hydroxyl groups is 1. The van der Waals surface area contributed by atoms with Crippen LogP contribution in [0.25, 0.3) is 0 Å². The minimum absolute atomic E-state index is 0.112. The monoisotopic (exact) mass is 202 g/mol. The lowest BCUT2D eigenvalue weighted by atomic mass is 10.2. The van der Waals surface area contributed by atoms with E-state index in [1.807, 2.05) is 6.92 Å². The summed E-state index contributed by atoms with van der Waals surface area (Å²) in [5.41, 5.74) is 0. The van der Waals surface area contributed by atoms with Crippen molar-refractivity contribution in [2.24, 2.45) is 0 Å². The highest BCUT2D eigenvalue weighted by atomic mass is 16.6. The third-order valence-corrected chi connectivity index (χ3v) is 1.74. The van der Waals surface area contributed by atoms with Crippen LogP contribution in [0.3, 0.4) is 0 Å². The fourth-order valence-electron chi connectivity index (χ4n) is 0.809. The zero-order valence-corrected chi connectivity index (χ0v) is 8.95. The molecule has 0 saturated heterocycles. The van der Waals surface area contributed by atoms with Gasteiger partial charge in [0.25, 0.3) is 0 Å². The highest BCUT2D eigenvalue weighted by molar-refractivity contribution is 5.81. The normalized spacial score (nSPS) is 16.9. The number of esters is 1. The van der Waals surface area contributed by atoms with Crippen LogP contribution in [0.4, 0.5) is 0 Å². The second-order valence-corrected chi connectivity index (χ2v) is 3.29. The highest BCUT2D eigenvalue weighted by Gasteiger charge is 2.21. The van der Waals surface area contributed by atoms with Gasteiger partial charge in [-0.25, -0.2) is 4.79 Å². The standard InChI is InChI=1S/C10H18O4/c1-5-9(11)13-7-8(3)14-10(4,12)6-2/h5,8,12H,1,6-7H2,2-4H3. The Morgan fingerprint density at radius 1 is 1.71 bits per heavy atom. The molecule has 0 bridgehead atoms. The molecule has 0 aliphatic heterocycles. The maximum Gasteiger partial charge on any atom is 0.330 e. The van der Waals surface area contributed by atoms with Crippen LogP contribution in [0.15, 0.2) is 12.7 Å². The molecule has 0 spiro atoms. The molecule has 0 fully saturated rings. The Hall–Kier alpha value is -0.870. The Morgan fingerprint density at radius 3 is 2.71 bits per heavy atom. The van der Waals surface area contributed by atoms with Crippen molar-refractivity contribution in [2.75, 3.05) is 6.61 Å². The largest absolute Gasteiger partial charge is 0.460 e. The van der Waals surface area contributed by atoms with Gasteiger partial charge in [-0.15, -0.1) is 0 Å². The molecule has 0 aromatic heterocycles. The summed E-state index contributed by atoms with van der Waals surface area (Å²) >= 11 is 0. The van der Waals surface area contributed by atoms with Gasteiger partial charge in [-0.2, -0.15) is 0 Å². The summed E-state index contributed by atoms with van der Waals surface area (Å²) in [5, 5.41) is 9.53. The minimum atomic E-state index is -1.17. The Bertz CT molecular complexity index is 198. The quantitative estimate of drug-likeness (QED) is 0.400. The van der Waals surface area contributed by atoms with E-state index in [9.17, 15) is 9.90 Å². The molecule has 0 heterocycles. The molecule has 1 N–H and O–H groups in total. The lowest BCUT2D eigenvalue weighted by molar-refractivity contribution is -0.223. The molecule has 0 rings (SSSR count). The molecular weight excluding hydrogens is 184 g/mol. The number of hydrogen-bond donors (Lipinski definition) is 1. The molecule has 0 radical (unpaired) electrons. The summed E-state index contributed by atoms with van der Waals surface area (Å²) < 4.78 is 9.98. The van der Waals surface area contributed by atoms with E-state index in [1.54, 1.807) is 13.8 Å². The van der Waals surface area contributed by atoms with Gasteiger partial charge in [-0.1, -0.05) is 13.5 Å². The molecule has 0 aromatic carbocycles. The number of rotatable bonds is 6. The minimum Gasteiger partial charge on any atom is -0.460 e. The van der Waals surface area contributed by atoms with Crippen molar-refractivity contribution in [3.63, 3.8) is 0 Å². The lowest BCUT2D eigenvalue weighted by Gasteiger charge is -2.26. The van der Waals surface area contributed by atoms with E-state index in [1.165, 1.54) is 0 Å². The second kappa shape index (κ2) is 5.78. The number of carbonyl (C=O) groups excluding carboxylic acids is 1. The van der Waals surface area contributed by atoms with Gasteiger partial charge in [-0.3, -0.25) is 0 Å². The first-order valence-corrected chi connectivity index (χ1v) is 4.60. The van der Waals surface area contributed by atoms with Crippen LogP contribution in [0, 0.1) is 0 Å². The predicted octanol–water partition coefficient (Wildman–Crippen LogP) is 1.24. The Kier molecular flexibility index (Phi) is 5.42. The van der Waals surface area contributed by atoms with Crippen molar-refractivity contribution < 1.29 is 19.4 Å². The number of ether oxygens (including phenoxy) is 2. The molecule has 2 atom stereocenters. The first-order chi connectivity index (χ1) is 6.41. The van der Waals surface area contributed by atoms with Crippen molar-refractivity contribution in [1.29, 1.82) is 0 Å². The zero-order chi connectivity index (χ0) is 11.2. The Labute approximate surface area is 84.5 Å². The average Bonchev–Trinajstić information content (AvgIpc) is 2.13. The SMILES string of the molecule is C=CC(=O)OCC(C)OC(C)(O)CC. The van der Waals surface area contributed by atoms with E-state index in [2.05, 4.69) is 6.58 Å². The fraction of sp³-hybridized carbons (Fsp3) is 0.700. The topological polar surface area (TPSA) is 55.8 Å². The summed E-state index contributed by atoms with van der Waals surface area (Å²) in [5.74, 6) is -1.66. The Morgan fingerprint density at radius 2 is 2.29 bits per heavy atom. The van der Waals surface area contributed by atoms with Gasteiger partial charge >= 0.3 is 5.97 Å². The summed E-state index contributed by atoms with van der Waals surface area (Å²) in [6, 6.07) is 0. The maximum atomic E-state index is 10.7. The van der Waals surface area contributed by atoms with Crippen LogP contribution >= 0.6 is 0 Å². The van der Waals surface area contributed by atoms with Gasteiger partial charge in [0, 0.05) is 6.08 Å². The highest BCUT2D eigenvalue weighted by Crippen LogP contribution is 2.13. The van der Waals surface area contributed by atoms with Gasteiger partial charge in [0.1, 0.15) is 6.61 Å². The molecule has 0 aromatic rings. The first-order valence-electron chi connectivity index (χ1n) is 4.60. The van der Waals surface area contributed by atoms with Crippen molar-refractivity contribution in [2.45, 2.75) is 39.1 Å². The van der Waals surface area contributed by atoms with Crippen LogP contribution in [0.1, 0.15) is 27.2 Å². The summed E-state index contributed by atoms with van der Waals surface area (Å²) in [6.07, 6.45) is 1.23. The molecule has 4 nitrogen and oxygen atoms in total. The van der Waals surface area contributed by atoms with Crippen molar-refractivity contribution in [3.8, 4) is 0 Å². The van der Waals surface area contributed by atoms with Crippen LogP contribution < -0.4 is 0 Å². The smallest absolute Gasteiger partial charge is 0.330 e. The first kappa shape index (κ1) is 13.1. The molecule has 0 aliphatic carbocycles. The number of hydrogen-bond acceptors (Lipinski definition) is 4. The lowest BCUT2D eigenvalue weighted by Crippen LogP contribution is -2.33. The summed E-state index contributed by atoms with van der Waals surface area (Å²) in [6.45, 7) is 8.48. The summed E-state index contributed by atoms with van der Waals surface area (Å²) in [4.78, 5) is 10.7. The molecule has 82 valence electrons. The van der Waals surface area contributed by atoms with Crippen LogP contribution in [0.2, 0.25) is 0 Å². The zero-order valence-electron chi connectivity index (χ0n) is 8.95. The summed E-state index contributed by atoms with van der Waals surface area (Å²) in [7, 11) is 0. The van der Waals surface area contributed by atoms with Crippen molar-refractivity contribution in [3.05, 3.63) is 12.7 Å². The second-order valence-electron chi connectivity index (χ2n) is 3.29. The molecular formula is C10H18O4. The molecule has 4 heteroatoms. The third kappa shape index (κ3) is 5.72. The van der Waals surface area contributed by atoms with Gasteiger partial charge in [0.15, 0.2) is 5.79 Å². The molecule has 14 heavy (non-hydrogen) atoms. The van der Waals surface area contributed by atoms with Crippen LogP contribution in [-0.4, -0.2) is 29.6 Å². The van der Waals surface area contributed by atoms with E-state index in [0.717, 1.165) is 6.08 Å². The van der Waals surface area contributed by atoms with Crippen LogP contribution in [0.5, 0.6) is 0 Å². The maximum absolute atomic E-state index is 10.7. The number of carbonyl (C=O) groups is 1. The molecule has 2 unspecified atom stereocenters. The van der Waals surface area contributed by atoms with Crippen molar-refractivity contribution in [1.82, 2.24) is 0 Å². The van der Waals surface area contributed by atoms with E-state index in [-0.39, 0.29) is 12.7 Å². The molecule has 0 aliphatic rings. The van der Waals surface area contributed by atoms with E-state index in [4.69, 9.17) is 9.47 Å². The third-order valence-electron chi connectivity index (χ3n) is 1.74. The molecule has 0 saturated carbocycles. The van der Waals surface area contributed by atoms with Crippen LogP contribution in [-0.2, 0) is 14.3 Å². The Balaban J connectivity index is 3.81.